The molecule has 0 N–H and O–H groups in total. The van der Waals surface area contributed by atoms with Gasteiger partial charge in [-0.3, -0.25) is 0 Å². The van der Waals surface area contributed by atoms with Gasteiger partial charge in [-0.15, -0.1) is 0 Å². The van der Waals surface area contributed by atoms with Gasteiger partial charge < -0.3 is 0 Å². The summed E-state index contributed by atoms with van der Waals surface area (Å²) in [6.07, 6.45) is 3.54. The maximum Gasteiger partial charge on any atom is 0.205 e. The fourth-order valence-corrected chi connectivity index (χ4v) is 1.22. The molecular formula is C14H12N2. The highest BCUT2D eigenvalue weighted by molar-refractivity contribution is 5.39. The molecule has 0 fully saturated rings. The molecule has 2 rings (SSSR count). The first-order chi connectivity index (χ1) is 7.74. The van der Waals surface area contributed by atoms with E-state index in [9.17, 15) is 0 Å². The fraction of sp³-hybridized carbons (Fsp3) is 0.143. The Bertz CT molecular complexity index is 478. The Labute approximate surface area is 95.4 Å². The average Bonchev–Trinajstić information content (AvgIpc) is 2.30. The second-order valence-electron chi connectivity index (χ2n) is 3.70. The number of aryl methyl sites for hydroxylation is 2. The standard InChI is InChI=1S/C14H12N2/c1-11-3-5-13(6-4-11)7-8-14-15-9-12(2)10-16-14/h3-6,9-10H,1-2H3. The van der Waals surface area contributed by atoms with Crippen molar-refractivity contribution in [3.8, 4) is 11.8 Å². The Morgan fingerprint density at radius 3 is 2.06 bits per heavy atom. The van der Waals surface area contributed by atoms with Crippen LogP contribution in [0.2, 0.25) is 0 Å². The molecule has 1 aromatic carbocycles. The summed E-state index contributed by atoms with van der Waals surface area (Å²) in [6, 6.07) is 8.08. The topological polar surface area (TPSA) is 25.8 Å². The molecule has 0 saturated heterocycles. The van der Waals surface area contributed by atoms with Crippen LogP contribution in [0.15, 0.2) is 36.7 Å². The Kier molecular flexibility index (Phi) is 2.98. The van der Waals surface area contributed by atoms with Crippen LogP contribution in [0.3, 0.4) is 0 Å². The van der Waals surface area contributed by atoms with Crippen LogP contribution >= 0.6 is 0 Å². The highest BCUT2D eigenvalue weighted by Crippen LogP contribution is 2.01. The van der Waals surface area contributed by atoms with Crippen LogP contribution in [0.4, 0.5) is 0 Å². The van der Waals surface area contributed by atoms with Crippen LogP contribution in [-0.2, 0) is 0 Å². The molecule has 0 spiro atoms. The van der Waals surface area contributed by atoms with Gasteiger partial charge in [0, 0.05) is 18.0 Å². The van der Waals surface area contributed by atoms with Gasteiger partial charge in [0.25, 0.3) is 0 Å². The Balaban J connectivity index is 2.21. The molecule has 2 heteroatoms. The lowest BCUT2D eigenvalue weighted by atomic mass is 10.1. The zero-order chi connectivity index (χ0) is 11.4. The van der Waals surface area contributed by atoms with Gasteiger partial charge in [0.1, 0.15) is 0 Å². The van der Waals surface area contributed by atoms with Crippen LogP contribution in [0.1, 0.15) is 22.5 Å². The number of hydrogen-bond acceptors (Lipinski definition) is 2. The van der Waals surface area contributed by atoms with E-state index in [2.05, 4.69) is 28.7 Å². The van der Waals surface area contributed by atoms with E-state index in [0.717, 1.165) is 11.1 Å². The van der Waals surface area contributed by atoms with E-state index in [1.165, 1.54) is 5.56 Å². The van der Waals surface area contributed by atoms with Gasteiger partial charge in [0.2, 0.25) is 5.82 Å². The first kappa shape index (κ1) is 10.4. The minimum Gasteiger partial charge on any atom is -0.229 e. The second kappa shape index (κ2) is 4.59. The molecule has 2 aromatic rings. The SMILES string of the molecule is Cc1ccc(C#Cc2ncc(C)cn2)cc1. The van der Waals surface area contributed by atoms with Crippen molar-refractivity contribution in [1.82, 2.24) is 9.97 Å². The zero-order valence-corrected chi connectivity index (χ0v) is 9.36. The smallest absolute Gasteiger partial charge is 0.205 e. The van der Waals surface area contributed by atoms with Gasteiger partial charge in [0.05, 0.1) is 0 Å². The largest absolute Gasteiger partial charge is 0.229 e. The lowest BCUT2D eigenvalue weighted by Gasteiger charge is -1.92. The summed E-state index contributed by atoms with van der Waals surface area (Å²) in [5.41, 5.74) is 3.26. The third-order valence-corrected chi connectivity index (χ3v) is 2.15. The van der Waals surface area contributed by atoms with Crippen molar-refractivity contribution < 1.29 is 0 Å². The summed E-state index contributed by atoms with van der Waals surface area (Å²) in [5.74, 6) is 6.53. The summed E-state index contributed by atoms with van der Waals surface area (Å²) in [4.78, 5) is 8.25. The molecule has 1 heterocycles. The van der Waals surface area contributed by atoms with Gasteiger partial charge in [-0.1, -0.05) is 23.6 Å². The van der Waals surface area contributed by atoms with Crippen LogP contribution in [0.25, 0.3) is 0 Å². The normalized spacial score (nSPS) is 9.38. The lowest BCUT2D eigenvalue weighted by molar-refractivity contribution is 1.09. The summed E-state index contributed by atoms with van der Waals surface area (Å²) >= 11 is 0. The maximum atomic E-state index is 4.13. The van der Waals surface area contributed by atoms with E-state index in [4.69, 9.17) is 0 Å². The van der Waals surface area contributed by atoms with Gasteiger partial charge in [-0.25, -0.2) is 9.97 Å². The molecule has 16 heavy (non-hydrogen) atoms. The summed E-state index contributed by atoms with van der Waals surface area (Å²) in [7, 11) is 0. The zero-order valence-electron chi connectivity index (χ0n) is 9.36. The minimum atomic E-state index is 0.561. The summed E-state index contributed by atoms with van der Waals surface area (Å²) in [5, 5.41) is 0. The molecule has 0 unspecified atom stereocenters. The monoisotopic (exact) mass is 208 g/mol. The molecule has 2 nitrogen and oxygen atoms in total. The van der Waals surface area contributed by atoms with Crippen LogP contribution < -0.4 is 0 Å². The van der Waals surface area contributed by atoms with E-state index in [1.807, 2.05) is 31.2 Å². The second-order valence-corrected chi connectivity index (χ2v) is 3.70. The third-order valence-electron chi connectivity index (χ3n) is 2.15. The van der Waals surface area contributed by atoms with Gasteiger partial charge >= 0.3 is 0 Å². The lowest BCUT2D eigenvalue weighted by Crippen LogP contribution is -1.88. The maximum absolute atomic E-state index is 4.13. The van der Waals surface area contributed by atoms with Crippen molar-refractivity contribution in [2.75, 3.05) is 0 Å². The van der Waals surface area contributed by atoms with Crippen molar-refractivity contribution >= 4 is 0 Å². The quantitative estimate of drug-likeness (QED) is 0.622. The molecule has 0 radical (unpaired) electrons. The fourth-order valence-electron chi connectivity index (χ4n) is 1.22. The predicted octanol–water partition coefficient (Wildman–Crippen LogP) is 2.49. The van der Waals surface area contributed by atoms with Gasteiger partial charge in [-0.05, 0) is 37.5 Å². The van der Waals surface area contributed by atoms with Crippen molar-refractivity contribution in [2.45, 2.75) is 13.8 Å². The minimum absolute atomic E-state index is 0.561. The number of hydrogen-bond donors (Lipinski definition) is 0. The number of nitrogens with zero attached hydrogens (tertiary/aromatic N) is 2. The van der Waals surface area contributed by atoms with Crippen molar-refractivity contribution in [3.63, 3.8) is 0 Å². The van der Waals surface area contributed by atoms with E-state index in [-0.39, 0.29) is 0 Å². The van der Waals surface area contributed by atoms with E-state index in [0.29, 0.717) is 5.82 Å². The Hall–Kier alpha value is -2.14. The molecule has 0 bridgehead atoms. The van der Waals surface area contributed by atoms with E-state index < -0.39 is 0 Å². The average molecular weight is 208 g/mol. The van der Waals surface area contributed by atoms with Gasteiger partial charge in [-0.2, -0.15) is 0 Å². The molecule has 0 aliphatic heterocycles. The predicted molar refractivity (Wildman–Crippen MR) is 63.9 cm³/mol. The number of benzene rings is 1. The third kappa shape index (κ3) is 2.68. The first-order valence-corrected chi connectivity index (χ1v) is 5.11. The van der Waals surface area contributed by atoms with Crippen molar-refractivity contribution in [2.24, 2.45) is 0 Å². The molecule has 1 aromatic heterocycles. The summed E-state index contributed by atoms with van der Waals surface area (Å²) < 4.78 is 0. The number of rotatable bonds is 0. The first-order valence-electron chi connectivity index (χ1n) is 5.11. The molecule has 0 aliphatic rings. The molecule has 0 saturated carbocycles. The Morgan fingerprint density at radius 1 is 0.812 bits per heavy atom. The molecule has 0 aliphatic carbocycles. The highest BCUT2D eigenvalue weighted by atomic mass is 14.8. The van der Waals surface area contributed by atoms with Crippen molar-refractivity contribution in [1.29, 1.82) is 0 Å². The van der Waals surface area contributed by atoms with E-state index in [1.54, 1.807) is 12.4 Å². The van der Waals surface area contributed by atoms with Gasteiger partial charge in [0.15, 0.2) is 0 Å². The number of aromatic nitrogens is 2. The molecular weight excluding hydrogens is 196 g/mol. The molecule has 78 valence electrons. The van der Waals surface area contributed by atoms with Crippen LogP contribution in [-0.4, -0.2) is 9.97 Å². The van der Waals surface area contributed by atoms with E-state index >= 15 is 0 Å². The summed E-state index contributed by atoms with van der Waals surface area (Å²) in [6.45, 7) is 4.01. The van der Waals surface area contributed by atoms with Crippen molar-refractivity contribution in [3.05, 3.63) is 59.2 Å². The van der Waals surface area contributed by atoms with Crippen LogP contribution in [0.5, 0.6) is 0 Å². The Morgan fingerprint density at radius 2 is 1.44 bits per heavy atom. The molecule has 0 amide bonds. The highest BCUT2D eigenvalue weighted by Gasteiger charge is 1.90. The molecule has 0 atom stereocenters. The van der Waals surface area contributed by atoms with Crippen LogP contribution in [0, 0.1) is 25.7 Å².